The van der Waals surface area contributed by atoms with E-state index >= 15 is 0 Å². The number of anilines is 1. The Hall–Kier alpha value is -1.72. The van der Waals surface area contributed by atoms with E-state index in [9.17, 15) is 13.6 Å². The molecule has 0 amide bonds. The standard InChI is InChI=1S/C12H14F2N2O2/c1-8-6-9(11(17)18)7-10(15-8)16-4-2-12(13,14)3-5-16/h6-7H,2-5H2,1H3,(H,17,18). The second-order valence-electron chi connectivity index (χ2n) is 4.50. The number of carboxylic acids is 1. The van der Waals surface area contributed by atoms with Crippen LogP contribution >= 0.6 is 0 Å². The number of carboxylic acid groups (broad SMARTS) is 1. The van der Waals surface area contributed by atoms with Gasteiger partial charge in [0.05, 0.1) is 5.56 Å². The van der Waals surface area contributed by atoms with Gasteiger partial charge in [-0.2, -0.15) is 0 Å². The Balaban J connectivity index is 2.21. The summed E-state index contributed by atoms with van der Waals surface area (Å²) in [6, 6.07) is 2.89. The molecule has 4 nitrogen and oxygen atoms in total. The highest BCUT2D eigenvalue weighted by molar-refractivity contribution is 5.88. The largest absolute Gasteiger partial charge is 0.478 e. The molecule has 18 heavy (non-hydrogen) atoms. The summed E-state index contributed by atoms with van der Waals surface area (Å²) in [5.41, 5.74) is 0.706. The third-order valence-corrected chi connectivity index (χ3v) is 3.01. The van der Waals surface area contributed by atoms with Crippen LogP contribution in [0.15, 0.2) is 12.1 Å². The van der Waals surface area contributed by atoms with E-state index in [0.717, 1.165) is 0 Å². The molecule has 98 valence electrons. The van der Waals surface area contributed by atoms with Gasteiger partial charge >= 0.3 is 5.97 Å². The minimum Gasteiger partial charge on any atom is -0.478 e. The fourth-order valence-corrected chi connectivity index (χ4v) is 2.00. The van der Waals surface area contributed by atoms with Gasteiger partial charge in [0.25, 0.3) is 5.92 Å². The van der Waals surface area contributed by atoms with Crippen molar-refractivity contribution >= 4 is 11.8 Å². The molecule has 0 saturated carbocycles. The second kappa shape index (κ2) is 4.51. The van der Waals surface area contributed by atoms with Gasteiger partial charge in [0.2, 0.25) is 0 Å². The number of aryl methyl sites for hydroxylation is 1. The van der Waals surface area contributed by atoms with Crippen molar-refractivity contribution in [3.05, 3.63) is 23.4 Å². The van der Waals surface area contributed by atoms with Gasteiger partial charge in [-0.05, 0) is 19.1 Å². The lowest BCUT2D eigenvalue weighted by atomic mass is 10.1. The molecular formula is C12H14F2N2O2. The first kappa shape index (κ1) is 12.7. The maximum absolute atomic E-state index is 13.0. The van der Waals surface area contributed by atoms with E-state index in [4.69, 9.17) is 5.11 Å². The molecule has 1 aliphatic rings. The number of piperidine rings is 1. The molecule has 0 radical (unpaired) electrons. The lowest BCUT2D eigenvalue weighted by Gasteiger charge is -2.32. The molecule has 2 heterocycles. The van der Waals surface area contributed by atoms with Gasteiger partial charge in [-0.25, -0.2) is 18.6 Å². The Morgan fingerprint density at radius 1 is 1.39 bits per heavy atom. The zero-order valence-electron chi connectivity index (χ0n) is 9.99. The van der Waals surface area contributed by atoms with Gasteiger partial charge in [0, 0.05) is 31.6 Å². The molecule has 1 aromatic rings. The van der Waals surface area contributed by atoms with Crippen LogP contribution in [0.2, 0.25) is 0 Å². The average Bonchev–Trinajstić information content (AvgIpc) is 2.28. The van der Waals surface area contributed by atoms with E-state index in [1.165, 1.54) is 12.1 Å². The van der Waals surface area contributed by atoms with Crippen molar-refractivity contribution in [3.8, 4) is 0 Å². The van der Waals surface area contributed by atoms with E-state index in [-0.39, 0.29) is 31.5 Å². The van der Waals surface area contributed by atoms with Crippen molar-refractivity contribution in [2.45, 2.75) is 25.7 Å². The first-order valence-electron chi connectivity index (χ1n) is 5.72. The van der Waals surface area contributed by atoms with E-state index in [0.29, 0.717) is 11.5 Å². The Kier molecular flexibility index (Phi) is 3.19. The fourth-order valence-electron chi connectivity index (χ4n) is 2.00. The SMILES string of the molecule is Cc1cc(C(=O)O)cc(N2CCC(F)(F)CC2)n1. The highest BCUT2D eigenvalue weighted by Crippen LogP contribution is 2.30. The van der Waals surface area contributed by atoms with E-state index in [1.807, 2.05) is 0 Å². The molecule has 1 fully saturated rings. The fraction of sp³-hybridized carbons (Fsp3) is 0.500. The third kappa shape index (κ3) is 2.75. The quantitative estimate of drug-likeness (QED) is 0.882. The summed E-state index contributed by atoms with van der Waals surface area (Å²) in [6.07, 6.45) is -0.434. The van der Waals surface area contributed by atoms with Crippen molar-refractivity contribution in [1.29, 1.82) is 0 Å². The summed E-state index contributed by atoms with van der Waals surface area (Å²) >= 11 is 0. The van der Waals surface area contributed by atoms with Crippen LogP contribution < -0.4 is 4.90 Å². The van der Waals surface area contributed by atoms with Crippen molar-refractivity contribution < 1.29 is 18.7 Å². The van der Waals surface area contributed by atoms with Crippen molar-refractivity contribution in [1.82, 2.24) is 4.98 Å². The molecule has 2 rings (SSSR count). The number of alkyl halides is 2. The lowest BCUT2D eigenvalue weighted by molar-refractivity contribution is -0.0221. The number of halogens is 2. The molecule has 1 saturated heterocycles. The monoisotopic (exact) mass is 256 g/mol. The van der Waals surface area contributed by atoms with E-state index in [1.54, 1.807) is 11.8 Å². The minimum atomic E-state index is -2.62. The summed E-state index contributed by atoms with van der Waals surface area (Å²) in [4.78, 5) is 16.8. The second-order valence-corrected chi connectivity index (χ2v) is 4.50. The van der Waals surface area contributed by atoms with Crippen molar-refractivity contribution in [2.24, 2.45) is 0 Å². The normalized spacial score (nSPS) is 18.7. The van der Waals surface area contributed by atoms with Gasteiger partial charge < -0.3 is 10.0 Å². The van der Waals surface area contributed by atoms with Crippen LogP contribution in [-0.4, -0.2) is 35.1 Å². The van der Waals surface area contributed by atoms with E-state index in [2.05, 4.69) is 4.98 Å². The molecule has 0 aliphatic carbocycles. The number of nitrogens with zero attached hydrogens (tertiary/aromatic N) is 2. The van der Waals surface area contributed by atoms with Crippen LogP contribution in [0.25, 0.3) is 0 Å². The number of hydrogen-bond donors (Lipinski definition) is 1. The molecule has 0 bridgehead atoms. The van der Waals surface area contributed by atoms with Crippen LogP contribution in [0.1, 0.15) is 28.9 Å². The van der Waals surface area contributed by atoms with Gasteiger partial charge in [-0.3, -0.25) is 0 Å². The molecule has 6 heteroatoms. The number of aromatic nitrogens is 1. The summed E-state index contributed by atoms with van der Waals surface area (Å²) in [7, 11) is 0. The summed E-state index contributed by atoms with van der Waals surface area (Å²) in [5.74, 6) is -3.19. The van der Waals surface area contributed by atoms with Crippen LogP contribution in [-0.2, 0) is 0 Å². The number of hydrogen-bond acceptors (Lipinski definition) is 3. The first-order valence-corrected chi connectivity index (χ1v) is 5.72. The number of pyridine rings is 1. The van der Waals surface area contributed by atoms with Crippen molar-refractivity contribution in [3.63, 3.8) is 0 Å². The molecule has 1 aromatic heterocycles. The molecule has 0 spiro atoms. The van der Waals surface area contributed by atoms with Crippen LogP contribution in [0.5, 0.6) is 0 Å². The zero-order valence-corrected chi connectivity index (χ0v) is 9.99. The summed E-state index contributed by atoms with van der Waals surface area (Å²) < 4.78 is 26.1. The van der Waals surface area contributed by atoms with Crippen LogP contribution in [0.4, 0.5) is 14.6 Å². The topological polar surface area (TPSA) is 53.4 Å². The molecular weight excluding hydrogens is 242 g/mol. The Labute approximate surface area is 103 Å². The maximum Gasteiger partial charge on any atom is 0.335 e. The smallest absolute Gasteiger partial charge is 0.335 e. The number of carbonyl (C=O) groups is 1. The summed E-state index contributed by atoms with van der Waals surface area (Å²) in [6.45, 7) is 2.08. The third-order valence-electron chi connectivity index (χ3n) is 3.01. The highest BCUT2D eigenvalue weighted by atomic mass is 19.3. The molecule has 1 N–H and O–H groups in total. The van der Waals surface area contributed by atoms with Gasteiger partial charge in [0.15, 0.2) is 0 Å². The molecule has 0 aromatic carbocycles. The van der Waals surface area contributed by atoms with Crippen LogP contribution in [0.3, 0.4) is 0 Å². The number of rotatable bonds is 2. The van der Waals surface area contributed by atoms with E-state index < -0.39 is 11.9 Å². The Bertz CT molecular complexity index is 467. The molecule has 0 atom stereocenters. The van der Waals surface area contributed by atoms with Crippen LogP contribution in [0, 0.1) is 6.92 Å². The van der Waals surface area contributed by atoms with Gasteiger partial charge in [-0.15, -0.1) is 0 Å². The van der Waals surface area contributed by atoms with Gasteiger partial charge in [-0.1, -0.05) is 0 Å². The lowest BCUT2D eigenvalue weighted by Crippen LogP contribution is -2.39. The molecule has 0 unspecified atom stereocenters. The summed E-state index contributed by atoms with van der Waals surface area (Å²) in [5, 5.41) is 8.95. The van der Waals surface area contributed by atoms with Gasteiger partial charge in [0.1, 0.15) is 5.82 Å². The minimum absolute atomic E-state index is 0.134. The molecule has 1 aliphatic heterocycles. The zero-order chi connectivity index (χ0) is 13.3. The predicted octanol–water partition coefficient (Wildman–Crippen LogP) is 2.32. The average molecular weight is 256 g/mol. The predicted molar refractivity (Wildman–Crippen MR) is 62.3 cm³/mol. The highest BCUT2D eigenvalue weighted by Gasteiger charge is 2.34. The number of aromatic carboxylic acids is 1. The Morgan fingerprint density at radius 3 is 2.56 bits per heavy atom. The van der Waals surface area contributed by atoms with Crippen molar-refractivity contribution in [2.75, 3.05) is 18.0 Å². The maximum atomic E-state index is 13.0. The first-order chi connectivity index (χ1) is 8.37. The Morgan fingerprint density at radius 2 is 2.00 bits per heavy atom.